The van der Waals surface area contributed by atoms with Crippen LogP contribution in [-0.4, -0.2) is 23.1 Å². The minimum atomic E-state index is -0.380. The summed E-state index contributed by atoms with van der Waals surface area (Å²) in [6, 6.07) is 16.6. The molecule has 0 amide bonds. The molecule has 0 aliphatic heterocycles. The predicted molar refractivity (Wildman–Crippen MR) is 90.8 cm³/mol. The highest BCUT2D eigenvalue weighted by Gasteiger charge is 2.20. The Kier molecular flexibility index (Phi) is 5.67. The summed E-state index contributed by atoms with van der Waals surface area (Å²) in [6.07, 6.45) is 0.696. The second-order valence-corrected chi connectivity index (χ2v) is 5.50. The first-order valence-corrected chi connectivity index (χ1v) is 7.45. The molecule has 0 radical (unpaired) electrons. The van der Waals surface area contributed by atoms with Gasteiger partial charge in [0.05, 0.1) is 7.11 Å². The van der Waals surface area contributed by atoms with Crippen LogP contribution in [0.1, 0.15) is 22.3 Å². The molecule has 0 aliphatic rings. The fourth-order valence-corrected chi connectivity index (χ4v) is 2.46. The van der Waals surface area contributed by atoms with E-state index in [-0.39, 0.29) is 23.2 Å². The second-order valence-electron chi connectivity index (χ2n) is 5.08. The van der Waals surface area contributed by atoms with E-state index < -0.39 is 0 Å². The maximum absolute atomic E-state index is 12.3. The number of carbonyl (C=O) groups excluding carboxylic acids is 1. The van der Waals surface area contributed by atoms with Crippen molar-refractivity contribution in [2.24, 2.45) is 5.92 Å². The van der Waals surface area contributed by atoms with Crippen LogP contribution in [0.15, 0.2) is 54.6 Å². The van der Waals surface area contributed by atoms with Gasteiger partial charge >= 0.3 is 0 Å². The van der Waals surface area contributed by atoms with Crippen molar-refractivity contribution in [3.05, 3.63) is 65.7 Å². The molecular formula is C18H18O3S. The van der Waals surface area contributed by atoms with Gasteiger partial charge in [-0.05, 0) is 36.3 Å². The van der Waals surface area contributed by atoms with E-state index in [1.54, 1.807) is 19.2 Å². The lowest BCUT2D eigenvalue weighted by molar-refractivity contribution is 0.0969. The Balaban J connectivity index is 2.10. The summed E-state index contributed by atoms with van der Waals surface area (Å²) in [4.78, 5) is 12.3. The summed E-state index contributed by atoms with van der Waals surface area (Å²) in [7, 11) is 1.60. The molecule has 22 heavy (non-hydrogen) atoms. The fourth-order valence-electron chi connectivity index (χ4n) is 2.30. The highest BCUT2D eigenvalue weighted by atomic mass is 32.1. The van der Waals surface area contributed by atoms with Gasteiger partial charge in [-0.25, -0.2) is 0 Å². The summed E-state index contributed by atoms with van der Waals surface area (Å²) in [6.45, 7) is 0. The van der Waals surface area contributed by atoms with Crippen LogP contribution in [0.5, 0.6) is 5.75 Å². The van der Waals surface area contributed by atoms with Gasteiger partial charge in [0.2, 0.25) is 0 Å². The molecule has 1 atom stereocenters. The van der Waals surface area contributed by atoms with E-state index in [0.717, 1.165) is 11.3 Å². The van der Waals surface area contributed by atoms with Crippen LogP contribution >= 0.6 is 12.2 Å². The number of hydrogen-bond acceptors (Lipinski definition) is 3. The molecule has 0 bridgehead atoms. The molecule has 114 valence electrons. The smallest absolute Gasteiger partial charge is 0.163 e. The zero-order valence-corrected chi connectivity index (χ0v) is 13.2. The molecule has 1 N–H and O–H groups in total. The van der Waals surface area contributed by atoms with Gasteiger partial charge in [-0.2, -0.15) is 0 Å². The SMILES string of the molecule is COc1cccc(CC(CC(=O)c2ccccc2)C(O)=S)c1. The molecule has 3 nitrogen and oxygen atoms in total. The van der Waals surface area contributed by atoms with Crippen molar-refractivity contribution < 1.29 is 14.6 Å². The van der Waals surface area contributed by atoms with Crippen LogP contribution < -0.4 is 4.74 Å². The van der Waals surface area contributed by atoms with E-state index in [4.69, 9.17) is 17.0 Å². The number of benzene rings is 2. The maximum atomic E-state index is 12.3. The Hall–Kier alpha value is -2.20. The van der Waals surface area contributed by atoms with Crippen LogP contribution in [0.25, 0.3) is 0 Å². The number of Topliss-reactive ketones (excluding diaryl/α,β-unsaturated/α-hetero) is 1. The first-order chi connectivity index (χ1) is 10.6. The summed E-state index contributed by atoms with van der Waals surface area (Å²) in [5, 5.41) is 9.61. The molecule has 1 unspecified atom stereocenters. The number of rotatable bonds is 7. The van der Waals surface area contributed by atoms with Gasteiger partial charge in [0, 0.05) is 17.9 Å². The molecule has 0 saturated heterocycles. The molecule has 0 aliphatic carbocycles. The molecule has 0 saturated carbocycles. The average molecular weight is 314 g/mol. The summed E-state index contributed by atoms with van der Waals surface area (Å²) >= 11 is 4.92. The van der Waals surface area contributed by atoms with Crippen LogP contribution in [0.4, 0.5) is 0 Å². The van der Waals surface area contributed by atoms with E-state index in [0.29, 0.717) is 12.0 Å². The molecule has 0 heterocycles. The van der Waals surface area contributed by atoms with Gasteiger partial charge in [0.15, 0.2) is 10.8 Å². The zero-order valence-electron chi connectivity index (χ0n) is 12.4. The van der Waals surface area contributed by atoms with E-state index in [2.05, 4.69) is 0 Å². The monoisotopic (exact) mass is 314 g/mol. The standard InChI is InChI=1S/C18H18O3S/c1-21-16-9-5-6-13(11-16)10-15(18(20)22)12-17(19)14-7-3-2-4-8-14/h2-9,11,15H,10,12H2,1H3,(H,20,22). The molecular weight excluding hydrogens is 296 g/mol. The maximum Gasteiger partial charge on any atom is 0.163 e. The quantitative estimate of drug-likeness (QED) is 0.619. The normalized spacial score (nSPS) is 11.7. The predicted octanol–water partition coefficient (Wildman–Crippen LogP) is 4.01. The van der Waals surface area contributed by atoms with Crippen LogP contribution in [0, 0.1) is 5.92 Å². The van der Waals surface area contributed by atoms with Crippen LogP contribution in [0.3, 0.4) is 0 Å². The van der Waals surface area contributed by atoms with Crippen molar-refractivity contribution in [3.63, 3.8) is 0 Å². The fraction of sp³-hybridized carbons (Fsp3) is 0.222. The molecule has 2 aromatic rings. The largest absolute Gasteiger partial charge is 0.502 e. The minimum Gasteiger partial charge on any atom is -0.502 e. The van der Waals surface area contributed by atoms with Crippen LogP contribution in [0.2, 0.25) is 0 Å². The van der Waals surface area contributed by atoms with E-state index in [1.165, 1.54) is 0 Å². The molecule has 4 heteroatoms. The summed E-state index contributed by atoms with van der Waals surface area (Å²) in [5.41, 5.74) is 1.61. The lowest BCUT2D eigenvalue weighted by atomic mass is 9.92. The topological polar surface area (TPSA) is 46.5 Å². The number of thiocarbonyl (C=S) groups is 1. The van der Waals surface area contributed by atoms with Gasteiger partial charge in [-0.15, -0.1) is 0 Å². The molecule has 2 aromatic carbocycles. The van der Waals surface area contributed by atoms with E-state index in [9.17, 15) is 9.90 Å². The van der Waals surface area contributed by atoms with Crippen molar-refractivity contribution >= 4 is 23.1 Å². The second kappa shape index (κ2) is 7.71. The lowest BCUT2D eigenvalue weighted by Gasteiger charge is -2.14. The number of methoxy groups -OCH3 is 1. The van der Waals surface area contributed by atoms with Crippen molar-refractivity contribution in [1.29, 1.82) is 0 Å². The minimum absolute atomic E-state index is 0.0232. The number of ether oxygens (including phenoxy) is 1. The van der Waals surface area contributed by atoms with Crippen molar-refractivity contribution in [3.8, 4) is 5.75 Å². The highest BCUT2D eigenvalue weighted by molar-refractivity contribution is 7.80. The first kappa shape index (κ1) is 16.2. The van der Waals surface area contributed by atoms with Gasteiger partial charge in [-0.1, -0.05) is 42.5 Å². The van der Waals surface area contributed by atoms with E-state index >= 15 is 0 Å². The number of hydrogen-bond donors (Lipinski definition) is 1. The summed E-state index contributed by atoms with van der Waals surface area (Å²) in [5.74, 6) is 0.342. The summed E-state index contributed by atoms with van der Waals surface area (Å²) < 4.78 is 5.19. The Bertz CT molecular complexity index is 652. The number of aliphatic hydroxyl groups is 1. The van der Waals surface area contributed by atoms with Gasteiger partial charge in [-0.3, -0.25) is 4.79 Å². The molecule has 0 spiro atoms. The number of aliphatic hydroxyl groups excluding tert-OH is 1. The van der Waals surface area contributed by atoms with Crippen LogP contribution in [-0.2, 0) is 6.42 Å². The third kappa shape index (κ3) is 4.40. The lowest BCUT2D eigenvalue weighted by Crippen LogP contribution is -2.19. The Morgan fingerprint density at radius 3 is 2.55 bits per heavy atom. The number of carbonyl (C=O) groups is 1. The molecule has 0 aromatic heterocycles. The Labute approximate surface area is 135 Å². The third-order valence-corrected chi connectivity index (χ3v) is 3.83. The van der Waals surface area contributed by atoms with Gasteiger partial charge < -0.3 is 9.84 Å². The molecule has 0 fully saturated rings. The Morgan fingerprint density at radius 1 is 1.18 bits per heavy atom. The average Bonchev–Trinajstić information content (AvgIpc) is 2.55. The Morgan fingerprint density at radius 2 is 1.91 bits per heavy atom. The molecule has 2 rings (SSSR count). The highest BCUT2D eigenvalue weighted by Crippen LogP contribution is 2.20. The number of ketones is 1. The first-order valence-electron chi connectivity index (χ1n) is 7.04. The van der Waals surface area contributed by atoms with Crippen molar-refractivity contribution in [2.75, 3.05) is 7.11 Å². The van der Waals surface area contributed by atoms with Gasteiger partial charge in [0.1, 0.15) is 5.75 Å². The van der Waals surface area contributed by atoms with E-state index in [1.807, 2.05) is 42.5 Å². The van der Waals surface area contributed by atoms with Gasteiger partial charge in [0.25, 0.3) is 0 Å². The van der Waals surface area contributed by atoms with Crippen molar-refractivity contribution in [1.82, 2.24) is 0 Å². The third-order valence-electron chi connectivity index (χ3n) is 3.49. The zero-order chi connectivity index (χ0) is 15.9. The van der Waals surface area contributed by atoms with Crippen molar-refractivity contribution in [2.45, 2.75) is 12.8 Å².